The molecule has 0 aliphatic heterocycles. The van der Waals surface area contributed by atoms with Gasteiger partial charge in [-0.05, 0) is 53.4 Å². The maximum Gasteiger partial charge on any atom is 0.319 e. The second-order valence-corrected chi connectivity index (χ2v) is 9.96. The summed E-state index contributed by atoms with van der Waals surface area (Å²) >= 11 is 5.94. The van der Waals surface area contributed by atoms with Crippen LogP contribution >= 0.6 is 11.6 Å². The van der Waals surface area contributed by atoms with E-state index in [1.807, 2.05) is 26.0 Å². The third-order valence-corrected chi connectivity index (χ3v) is 7.19. The molecule has 6 nitrogen and oxygen atoms in total. The molecule has 2 N–H and O–H groups in total. The molecule has 0 fully saturated rings. The SMILES string of the molecule is CC(C)c1ccc(S(=O)(=O)C(CNC(=O)Nc2cccc(Cl)c2)c2cccnc2)cc1. The quantitative estimate of drug-likeness (QED) is 0.510. The molecule has 31 heavy (non-hydrogen) atoms. The minimum atomic E-state index is -3.78. The number of sulfone groups is 1. The molecular weight excluding hydrogens is 434 g/mol. The predicted molar refractivity (Wildman–Crippen MR) is 123 cm³/mol. The lowest BCUT2D eigenvalue weighted by molar-refractivity contribution is 0.252. The van der Waals surface area contributed by atoms with Crippen molar-refractivity contribution in [2.24, 2.45) is 0 Å². The van der Waals surface area contributed by atoms with Crippen LogP contribution in [0.1, 0.15) is 36.1 Å². The number of hydrogen-bond acceptors (Lipinski definition) is 4. The molecule has 1 atom stereocenters. The van der Waals surface area contributed by atoms with E-state index in [2.05, 4.69) is 15.6 Å². The molecule has 2 aromatic carbocycles. The van der Waals surface area contributed by atoms with Crippen LogP contribution in [0.15, 0.2) is 78.0 Å². The van der Waals surface area contributed by atoms with Gasteiger partial charge in [0.25, 0.3) is 0 Å². The number of amides is 2. The van der Waals surface area contributed by atoms with E-state index in [0.29, 0.717) is 22.2 Å². The Morgan fingerprint density at radius 2 is 1.77 bits per heavy atom. The van der Waals surface area contributed by atoms with Gasteiger partial charge in [0.2, 0.25) is 0 Å². The van der Waals surface area contributed by atoms with Crippen molar-refractivity contribution >= 4 is 33.2 Å². The minimum absolute atomic E-state index is 0.119. The first-order chi connectivity index (χ1) is 14.8. The number of nitrogens with zero attached hydrogens (tertiary/aromatic N) is 1. The summed E-state index contributed by atoms with van der Waals surface area (Å²) in [4.78, 5) is 16.6. The van der Waals surface area contributed by atoms with Gasteiger partial charge in [0, 0.05) is 29.6 Å². The molecule has 8 heteroatoms. The highest BCUT2D eigenvalue weighted by molar-refractivity contribution is 7.91. The molecule has 162 valence electrons. The molecule has 1 unspecified atom stereocenters. The van der Waals surface area contributed by atoms with Crippen LogP contribution in [0.4, 0.5) is 10.5 Å². The number of nitrogens with one attached hydrogen (secondary N) is 2. The summed E-state index contributed by atoms with van der Waals surface area (Å²) in [5.41, 5.74) is 2.06. The normalized spacial score (nSPS) is 12.4. The van der Waals surface area contributed by atoms with Crippen LogP contribution in [0, 0.1) is 0 Å². The van der Waals surface area contributed by atoms with Gasteiger partial charge in [-0.1, -0.05) is 49.7 Å². The number of benzene rings is 2. The Balaban J connectivity index is 1.82. The van der Waals surface area contributed by atoms with Crippen molar-refractivity contribution in [2.75, 3.05) is 11.9 Å². The number of urea groups is 1. The number of halogens is 1. The second kappa shape index (κ2) is 9.94. The topological polar surface area (TPSA) is 88.2 Å². The lowest BCUT2D eigenvalue weighted by Crippen LogP contribution is -2.35. The van der Waals surface area contributed by atoms with Gasteiger partial charge in [0.1, 0.15) is 5.25 Å². The van der Waals surface area contributed by atoms with Crippen LogP contribution < -0.4 is 10.6 Å². The number of aromatic nitrogens is 1. The maximum atomic E-state index is 13.4. The Kier molecular flexibility index (Phi) is 7.30. The highest BCUT2D eigenvalue weighted by Crippen LogP contribution is 2.29. The molecule has 1 aromatic heterocycles. The van der Waals surface area contributed by atoms with Gasteiger partial charge in [-0.25, -0.2) is 13.2 Å². The van der Waals surface area contributed by atoms with Gasteiger partial charge in [-0.15, -0.1) is 0 Å². The van der Waals surface area contributed by atoms with Gasteiger partial charge >= 0.3 is 6.03 Å². The molecule has 1 heterocycles. The molecular formula is C23H24ClN3O3S. The molecule has 0 bridgehead atoms. The zero-order valence-corrected chi connectivity index (χ0v) is 18.8. The Morgan fingerprint density at radius 1 is 1.03 bits per heavy atom. The van der Waals surface area contributed by atoms with Crippen molar-refractivity contribution in [3.05, 3.63) is 89.2 Å². The van der Waals surface area contributed by atoms with Crippen molar-refractivity contribution in [3.63, 3.8) is 0 Å². The molecule has 0 saturated carbocycles. The van der Waals surface area contributed by atoms with E-state index in [1.165, 1.54) is 6.20 Å². The lowest BCUT2D eigenvalue weighted by atomic mass is 10.0. The first-order valence-electron chi connectivity index (χ1n) is 9.81. The van der Waals surface area contributed by atoms with Crippen molar-refractivity contribution < 1.29 is 13.2 Å². The summed E-state index contributed by atoms with van der Waals surface area (Å²) < 4.78 is 26.8. The van der Waals surface area contributed by atoms with E-state index in [-0.39, 0.29) is 11.4 Å². The standard InChI is InChI=1S/C23H24ClN3O3S/c1-16(2)17-8-10-21(11-9-17)31(29,30)22(18-5-4-12-25-14-18)15-26-23(28)27-20-7-3-6-19(24)13-20/h3-14,16,22H,15H2,1-2H3,(H2,26,27,28). The largest absolute Gasteiger partial charge is 0.336 e. The summed E-state index contributed by atoms with van der Waals surface area (Å²) in [6.45, 7) is 3.97. The monoisotopic (exact) mass is 457 g/mol. The third-order valence-electron chi connectivity index (χ3n) is 4.84. The molecule has 0 aliphatic carbocycles. The summed E-state index contributed by atoms with van der Waals surface area (Å²) in [5, 5.41) is 4.81. The van der Waals surface area contributed by atoms with Crippen molar-refractivity contribution in [1.82, 2.24) is 10.3 Å². The molecule has 3 aromatic rings. The average Bonchev–Trinajstić information content (AvgIpc) is 2.74. The van der Waals surface area contributed by atoms with Crippen molar-refractivity contribution in [3.8, 4) is 0 Å². The van der Waals surface area contributed by atoms with Crippen LogP contribution in [0.2, 0.25) is 5.02 Å². The van der Waals surface area contributed by atoms with E-state index in [4.69, 9.17) is 11.6 Å². The van der Waals surface area contributed by atoms with Gasteiger partial charge < -0.3 is 10.6 Å². The summed E-state index contributed by atoms with van der Waals surface area (Å²) in [6, 6.07) is 16.4. The van der Waals surface area contributed by atoms with E-state index < -0.39 is 21.1 Å². The fraction of sp³-hybridized carbons (Fsp3) is 0.217. The first-order valence-corrected chi connectivity index (χ1v) is 11.7. The molecule has 3 rings (SSSR count). The number of carbonyl (C=O) groups is 1. The first kappa shape index (κ1) is 22.8. The summed E-state index contributed by atoms with van der Waals surface area (Å²) in [5.74, 6) is 0.294. The van der Waals surface area contributed by atoms with Crippen LogP contribution in [0.25, 0.3) is 0 Å². The Morgan fingerprint density at radius 3 is 2.39 bits per heavy atom. The van der Waals surface area contributed by atoms with Gasteiger partial charge in [-0.3, -0.25) is 4.98 Å². The van der Waals surface area contributed by atoms with Crippen LogP contribution in [-0.2, 0) is 9.84 Å². The fourth-order valence-corrected chi connectivity index (χ4v) is 4.94. The molecule has 2 amide bonds. The maximum absolute atomic E-state index is 13.4. The number of pyridine rings is 1. The zero-order chi connectivity index (χ0) is 22.4. The third kappa shape index (κ3) is 5.83. The fourth-order valence-electron chi connectivity index (χ4n) is 3.11. The number of hydrogen-bond donors (Lipinski definition) is 2. The van der Waals surface area contributed by atoms with Crippen LogP contribution in [0.5, 0.6) is 0 Å². The number of anilines is 1. The lowest BCUT2D eigenvalue weighted by Gasteiger charge is -2.19. The predicted octanol–water partition coefficient (Wildman–Crippen LogP) is 5.20. The van der Waals surface area contributed by atoms with Gasteiger partial charge in [-0.2, -0.15) is 0 Å². The molecule has 0 radical (unpaired) electrons. The van der Waals surface area contributed by atoms with Crippen molar-refractivity contribution in [1.29, 1.82) is 0 Å². The summed E-state index contributed by atoms with van der Waals surface area (Å²) in [6.07, 6.45) is 3.07. The number of rotatable bonds is 7. The number of carbonyl (C=O) groups excluding carboxylic acids is 1. The van der Waals surface area contributed by atoms with E-state index in [9.17, 15) is 13.2 Å². The Bertz CT molecular complexity index is 1130. The summed E-state index contributed by atoms with van der Waals surface area (Å²) in [7, 11) is -3.78. The van der Waals surface area contributed by atoms with E-state index in [1.54, 1.807) is 54.7 Å². The van der Waals surface area contributed by atoms with Gasteiger partial charge in [0.05, 0.1) is 4.90 Å². The minimum Gasteiger partial charge on any atom is -0.336 e. The highest BCUT2D eigenvalue weighted by atomic mass is 35.5. The Labute approximate surface area is 187 Å². The van der Waals surface area contributed by atoms with E-state index in [0.717, 1.165) is 5.56 Å². The van der Waals surface area contributed by atoms with Crippen LogP contribution in [0.3, 0.4) is 0 Å². The van der Waals surface area contributed by atoms with Gasteiger partial charge in [0.15, 0.2) is 9.84 Å². The average molecular weight is 458 g/mol. The smallest absolute Gasteiger partial charge is 0.319 e. The van der Waals surface area contributed by atoms with E-state index >= 15 is 0 Å². The highest BCUT2D eigenvalue weighted by Gasteiger charge is 2.30. The molecule has 0 aliphatic rings. The molecule has 0 spiro atoms. The van der Waals surface area contributed by atoms with Crippen molar-refractivity contribution in [2.45, 2.75) is 29.9 Å². The van der Waals surface area contributed by atoms with Crippen LogP contribution in [-0.4, -0.2) is 26.0 Å². The second-order valence-electron chi connectivity index (χ2n) is 7.39. The molecule has 0 saturated heterocycles. The Hall–Kier alpha value is -2.90. The zero-order valence-electron chi connectivity index (χ0n) is 17.2.